The number of guanidine groups is 1. The number of nitrogens with zero attached hydrogens (tertiary/aromatic N) is 2. The van der Waals surface area contributed by atoms with E-state index < -0.39 is 11.6 Å². The first-order valence-electron chi connectivity index (χ1n) is 6.68. The fourth-order valence-corrected chi connectivity index (χ4v) is 1.90. The fourth-order valence-electron chi connectivity index (χ4n) is 1.90. The van der Waals surface area contributed by atoms with Crippen molar-refractivity contribution in [2.75, 3.05) is 13.6 Å². The predicted molar refractivity (Wildman–Crippen MR) is 94.4 cm³/mol. The SMILES string of the molecule is CN=C(NCCn1cccc1)NCc1cc(F)ccc1F.I. The van der Waals surface area contributed by atoms with E-state index in [1.807, 2.05) is 29.1 Å². The summed E-state index contributed by atoms with van der Waals surface area (Å²) >= 11 is 0. The Balaban J connectivity index is 0.00000242. The summed E-state index contributed by atoms with van der Waals surface area (Å²) in [5.41, 5.74) is 0.267. The zero-order valence-electron chi connectivity index (χ0n) is 12.2. The van der Waals surface area contributed by atoms with E-state index in [2.05, 4.69) is 15.6 Å². The number of hydrogen-bond acceptors (Lipinski definition) is 1. The van der Waals surface area contributed by atoms with Crippen LogP contribution in [0, 0.1) is 11.6 Å². The van der Waals surface area contributed by atoms with Crippen molar-refractivity contribution in [1.82, 2.24) is 15.2 Å². The van der Waals surface area contributed by atoms with Gasteiger partial charge in [-0.15, -0.1) is 24.0 Å². The molecule has 0 saturated heterocycles. The van der Waals surface area contributed by atoms with Crippen LogP contribution in [0.5, 0.6) is 0 Å². The summed E-state index contributed by atoms with van der Waals surface area (Å²) in [5.74, 6) is -0.346. The molecule has 0 saturated carbocycles. The molecule has 2 rings (SSSR count). The molecule has 1 aromatic heterocycles. The van der Waals surface area contributed by atoms with Gasteiger partial charge in [0.05, 0.1) is 0 Å². The van der Waals surface area contributed by atoms with Crippen LogP contribution in [0.2, 0.25) is 0 Å². The summed E-state index contributed by atoms with van der Waals surface area (Å²) < 4.78 is 28.6. The number of benzene rings is 1. The van der Waals surface area contributed by atoms with Gasteiger partial charge < -0.3 is 15.2 Å². The van der Waals surface area contributed by atoms with Crippen molar-refractivity contribution in [3.63, 3.8) is 0 Å². The van der Waals surface area contributed by atoms with Crippen molar-refractivity contribution in [3.05, 3.63) is 59.9 Å². The molecule has 22 heavy (non-hydrogen) atoms. The van der Waals surface area contributed by atoms with Crippen molar-refractivity contribution in [1.29, 1.82) is 0 Å². The Kier molecular flexibility index (Phi) is 7.86. The van der Waals surface area contributed by atoms with Crippen LogP contribution in [0.15, 0.2) is 47.7 Å². The zero-order valence-corrected chi connectivity index (χ0v) is 14.6. The molecule has 0 unspecified atom stereocenters. The van der Waals surface area contributed by atoms with E-state index in [4.69, 9.17) is 0 Å². The van der Waals surface area contributed by atoms with E-state index >= 15 is 0 Å². The monoisotopic (exact) mass is 420 g/mol. The van der Waals surface area contributed by atoms with Crippen LogP contribution in [0.25, 0.3) is 0 Å². The lowest BCUT2D eigenvalue weighted by Gasteiger charge is -2.12. The highest BCUT2D eigenvalue weighted by atomic mass is 127. The summed E-state index contributed by atoms with van der Waals surface area (Å²) in [7, 11) is 1.63. The summed E-state index contributed by atoms with van der Waals surface area (Å²) in [6.07, 6.45) is 3.94. The van der Waals surface area contributed by atoms with E-state index in [-0.39, 0.29) is 36.1 Å². The maximum atomic E-state index is 13.5. The molecule has 1 heterocycles. The lowest BCUT2D eigenvalue weighted by Crippen LogP contribution is -2.38. The maximum absolute atomic E-state index is 13.5. The van der Waals surface area contributed by atoms with E-state index in [0.29, 0.717) is 12.5 Å². The molecule has 0 radical (unpaired) electrons. The van der Waals surface area contributed by atoms with E-state index in [9.17, 15) is 8.78 Å². The smallest absolute Gasteiger partial charge is 0.191 e. The lowest BCUT2D eigenvalue weighted by molar-refractivity contribution is 0.580. The number of aliphatic imine (C=N–C) groups is 1. The van der Waals surface area contributed by atoms with E-state index in [0.717, 1.165) is 18.7 Å². The van der Waals surface area contributed by atoms with Crippen LogP contribution in [0.1, 0.15) is 5.56 Å². The van der Waals surface area contributed by atoms with Crippen LogP contribution in [0.3, 0.4) is 0 Å². The molecule has 4 nitrogen and oxygen atoms in total. The third-order valence-electron chi connectivity index (χ3n) is 3.01. The minimum absolute atomic E-state index is 0. The number of hydrogen-bond donors (Lipinski definition) is 2. The van der Waals surface area contributed by atoms with Gasteiger partial charge in [0, 0.05) is 44.6 Å². The van der Waals surface area contributed by atoms with Gasteiger partial charge in [-0.3, -0.25) is 4.99 Å². The lowest BCUT2D eigenvalue weighted by atomic mass is 10.2. The highest BCUT2D eigenvalue weighted by molar-refractivity contribution is 14.0. The molecular formula is C15H19F2IN4. The average molecular weight is 420 g/mol. The first-order valence-corrected chi connectivity index (χ1v) is 6.68. The summed E-state index contributed by atoms with van der Waals surface area (Å²) in [6.45, 7) is 1.65. The highest BCUT2D eigenvalue weighted by Crippen LogP contribution is 2.08. The van der Waals surface area contributed by atoms with Crippen LogP contribution < -0.4 is 10.6 Å². The van der Waals surface area contributed by atoms with Gasteiger partial charge in [-0.1, -0.05) is 0 Å². The van der Waals surface area contributed by atoms with Crippen LogP contribution in [-0.4, -0.2) is 24.1 Å². The molecule has 0 amide bonds. The second-order valence-corrected chi connectivity index (χ2v) is 4.51. The van der Waals surface area contributed by atoms with E-state index in [1.54, 1.807) is 7.05 Å². The molecule has 0 spiro atoms. The molecule has 0 bridgehead atoms. The molecule has 0 aliphatic heterocycles. The van der Waals surface area contributed by atoms with Crippen molar-refractivity contribution >= 4 is 29.9 Å². The van der Waals surface area contributed by atoms with Crippen LogP contribution in [-0.2, 0) is 13.1 Å². The Morgan fingerprint density at radius 1 is 1.18 bits per heavy atom. The second kappa shape index (κ2) is 9.39. The first kappa shape index (κ1) is 18.4. The summed E-state index contributed by atoms with van der Waals surface area (Å²) in [4.78, 5) is 4.04. The van der Waals surface area contributed by atoms with Crippen molar-refractivity contribution in [2.45, 2.75) is 13.1 Å². The van der Waals surface area contributed by atoms with Gasteiger partial charge in [0.2, 0.25) is 0 Å². The van der Waals surface area contributed by atoms with Gasteiger partial charge in [0.1, 0.15) is 11.6 Å². The summed E-state index contributed by atoms with van der Waals surface area (Å²) in [5, 5.41) is 6.07. The zero-order chi connectivity index (χ0) is 15.1. The van der Waals surface area contributed by atoms with Gasteiger partial charge >= 0.3 is 0 Å². The number of aromatic nitrogens is 1. The summed E-state index contributed by atoms with van der Waals surface area (Å²) in [6, 6.07) is 7.31. The van der Waals surface area contributed by atoms with Crippen molar-refractivity contribution in [3.8, 4) is 0 Å². The molecule has 0 atom stereocenters. The molecule has 0 aliphatic rings. The molecule has 120 valence electrons. The number of nitrogens with one attached hydrogen (secondary N) is 2. The minimum Gasteiger partial charge on any atom is -0.355 e. The molecule has 0 fully saturated rings. The first-order chi connectivity index (χ1) is 10.2. The second-order valence-electron chi connectivity index (χ2n) is 4.51. The third-order valence-corrected chi connectivity index (χ3v) is 3.01. The molecular weight excluding hydrogens is 401 g/mol. The standard InChI is InChI=1S/C15H18F2N4.HI/c1-18-15(19-6-9-21-7-2-3-8-21)20-11-12-10-13(16)4-5-14(12)17;/h2-5,7-8,10H,6,9,11H2,1H3,(H2,18,19,20);1H. The van der Waals surface area contributed by atoms with Crippen LogP contribution in [0.4, 0.5) is 8.78 Å². The molecule has 0 aliphatic carbocycles. The molecule has 2 N–H and O–H groups in total. The molecule has 1 aromatic carbocycles. The number of rotatable bonds is 5. The third kappa shape index (κ3) is 5.63. The quantitative estimate of drug-likeness (QED) is 0.444. The van der Waals surface area contributed by atoms with Gasteiger partial charge in [-0.25, -0.2) is 8.78 Å². The maximum Gasteiger partial charge on any atom is 0.191 e. The fraction of sp³-hybridized carbons (Fsp3) is 0.267. The molecule has 2 aromatic rings. The van der Waals surface area contributed by atoms with Gasteiger partial charge in [0.25, 0.3) is 0 Å². The Bertz CT molecular complexity index is 600. The Labute approximate surface area is 145 Å². The van der Waals surface area contributed by atoms with E-state index in [1.165, 1.54) is 6.07 Å². The Morgan fingerprint density at radius 3 is 2.59 bits per heavy atom. The topological polar surface area (TPSA) is 41.4 Å². The molecule has 7 heteroatoms. The van der Waals surface area contributed by atoms with Crippen molar-refractivity contribution < 1.29 is 8.78 Å². The number of halogens is 3. The average Bonchev–Trinajstić information content (AvgIpc) is 2.99. The normalized spacial score (nSPS) is 11.0. The Morgan fingerprint density at radius 2 is 1.91 bits per heavy atom. The Hall–Kier alpha value is -1.64. The van der Waals surface area contributed by atoms with Gasteiger partial charge in [-0.05, 0) is 30.3 Å². The van der Waals surface area contributed by atoms with Crippen molar-refractivity contribution in [2.24, 2.45) is 4.99 Å². The van der Waals surface area contributed by atoms with Crippen LogP contribution >= 0.6 is 24.0 Å². The van der Waals surface area contributed by atoms with Gasteiger partial charge in [0.15, 0.2) is 5.96 Å². The van der Waals surface area contributed by atoms with Gasteiger partial charge in [-0.2, -0.15) is 0 Å². The highest BCUT2D eigenvalue weighted by Gasteiger charge is 2.05. The minimum atomic E-state index is -0.455. The predicted octanol–water partition coefficient (Wildman–Crippen LogP) is 2.75. The largest absolute Gasteiger partial charge is 0.355 e.